The van der Waals surface area contributed by atoms with Gasteiger partial charge >= 0.3 is 5.97 Å². The van der Waals surface area contributed by atoms with Crippen molar-refractivity contribution in [3.8, 4) is 0 Å². The molecule has 0 radical (unpaired) electrons. The number of carbonyl (C=O) groups excluding carboxylic acids is 1. The van der Waals surface area contributed by atoms with Crippen molar-refractivity contribution < 1.29 is 14.3 Å². The molecule has 2 aromatic rings. The van der Waals surface area contributed by atoms with Crippen molar-refractivity contribution in [2.24, 2.45) is 0 Å². The Kier molecular flexibility index (Phi) is 6.03. The zero-order chi connectivity index (χ0) is 15.8. The van der Waals surface area contributed by atoms with Crippen LogP contribution in [0.4, 0.5) is 0 Å². The van der Waals surface area contributed by atoms with E-state index in [1.54, 1.807) is 13.8 Å². The van der Waals surface area contributed by atoms with E-state index in [0.717, 1.165) is 5.56 Å². The van der Waals surface area contributed by atoms with E-state index in [1.807, 2.05) is 30.3 Å². The molecular weight excluding hydrogens is 280 g/mol. The Bertz CT molecular complexity index is 615. The van der Waals surface area contributed by atoms with Crippen LogP contribution in [0.1, 0.15) is 34.4 Å². The van der Waals surface area contributed by atoms with E-state index < -0.39 is 0 Å². The molecule has 0 bridgehead atoms. The van der Waals surface area contributed by atoms with E-state index >= 15 is 0 Å². The number of nitrogens with zero attached hydrogens (tertiary/aromatic N) is 2. The number of ether oxygens (including phenoxy) is 2. The van der Waals surface area contributed by atoms with Crippen LogP contribution in [0.25, 0.3) is 0 Å². The maximum atomic E-state index is 11.7. The smallest absolute Gasteiger partial charge is 0.341 e. The third-order valence-electron chi connectivity index (χ3n) is 3.11. The standard InChI is InChI=1S/C17H20N2O3/c1-3-22-17(20)15-11-18-16(19-13(15)2)9-10-21-12-14-7-5-4-6-8-14/h4-8,11H,3,9-10,12H2,1-2H3. The van der Waals surface area contributed by atoms with Gasteiger partial charge in [0.2, 0.25) is 0 Å². The van der Waals surface area contributed by atoms with Crippen molar-refractivity contribution in [1.82, 2.24) is 9.97 Å². The normalized spacial score (nSPS) is 10.5. The molecule has 1 heterocycles. The van der Waals surface area contributed by atoms with Crippen LogP contribution in [-0.4, -0.2) is 29.2 Å². The predicted molar refractivity (Wildman–Crippen MR) is 82.5 cm³/mol. The molecule has 0 unspecified atom stereocenters. The second kappa shape index (κ2) is 8.24. The van der Waals surface area contributed by atoms with Crippen molar-refractivity contribution in [3.63, 3.8) is 0 Å². The predicted octanol–water partition coefficient (Wildman–Crippen LogP) is 2.72. The Morgan fingerprint density at radius 1 is 1.23 bits per heavy atom. The summed E-state index contributed by atoms with van der Waals surface area (Å²) in [4.78, 5) is 20.2. The van der Waals surface area contributed by atoms with E-state index in [1.165, 1.54) is 6.20 Å². The Morgan fingerprint density at radius 2 is 2.00 bits per heavy atom. The lowest BCUT2D eigenvalue weighted by atomic mass is 10.2. The van der Waals surface area contributed by atoms with Crippen molar-refractivity contribution in [1.29, 1.82) is 0 Å². The molecule has 1 aromatic heterocycles. The number of aromatic nitrogens is 2. The molecule has 0 saturated heterocycles. The summed E-state index contributed by atoms with van der Waals surface area (Å²) >= 11 is 0. The van der Waals surface area contributed by atoms with Gasteiger partial charge < -0.3 is 9.47 Å². The maximum Gasteiger partial charge on any atom is 0.341 e. The average molecular weight is 300 g/mol. The zero-order valence-corrected chi connectivity index (χ0v) is 12.9. The van der Waals surface area contributed by atoms with E-state index in [0.29, 0.717) is 43.3 Å². The van der Waals surface area contributed by atoms with Gasteiger partial charge in [-0.05, 0) is 19.4 Å². The van der Waals surface area contributed by atoms with Crippen molar-refractivity contribution >= 4 is 5.97 Å². The Morgan fingerprint density at radius 3 is 2.68 bits per heavy atom. The van der Waals surface area contributed by atoms with Crippen LogP contribution in [0.3, 0.4) is 0 Å². The van der Waals surface area contributed by atoms with Gasteiger partial charge in [-0.15, -0.1) is 0 Å². The van der Waals surface area contributed by atoms with Crippen molar-refractivity contribution in [2.45, 2.75) is 26.9 Å². The molecule has 22 heavy (non-hydrogen) atoms. The highest BCUT2D eigenvalue weighted by Gasteiger charge is 2.12. The lowest BCUT2D eigenvalue weighted by Crippen LogP contribution is -2.11. The molecular formula is C17H20N2O3. The molecule has 0 fully saturated rings. The quantitative estimate of drug-likeness (QED) is 0.581. The topological polar surface area (TPSA) is 61.3 Å². The first-order valence-corrected chi connectivity index (χ1v) is 7.32. The van der Waals surface area contributed by atoms with Crippen LogP contribution in [-0.2, 0) is 22.5 Å². The summed E-state index contributed by atoms with van der Waals surface area (Å²) < 4.78 is 10.6. The fourth-order valence-corrected chi connectivity index (χ4v) is 1.97. The number of hydrogen-bond acceptors (Lipinski definition) is 5. The summed E-state index contributed by atoms with van der Waals surface area (Å²) in [5, 5.41) is 0. The highest BCUT2D eigenvalue weighted by Crippen LogP contribution is 2.07. The number of carbonyl (C=O) groups is 1. The summed E-state index contributed by atoms with van der Waals surface area (Å²) in [5.41, 5.74) is 2.18. The van der Waals surface area contributed by atoms with Gasteiger partial charge in [0.25, 0.3) is 0 Å². The molecule has 116 valence electrons. The summed E-state index contributed by atoms with van der Waals surface area (Å²) in [7, 11) is 0. The minimum Gasteiger partial charge on any atom is -0.462 e. The summed E-state index contributed by atoms with van der Waals surface area (Å²) in [6.07, 6.45) is 2.13. The lowest BCUT2D eigenvalue weighted by Gasteiger charge is -2.07. The Hall–Kier alpha value is -2.27. The Labute approximate surface area is 130 Å². The van der Waals surface area contributed by atoms with E-state index in [4.69, 9.17) is 9.47 Å². The van der Waals surface area contributed by atoms with E-state index in [2.05, 4.69) is 9.97 Å². The van der Waals surface area contributed by atoms with E-state index in [9.17, 15) is 4.79 Å². The number of esters is 1. The molecule has 0 spiro atoms. The molecule has 0 atom stereocenters. The van der Waals surface area contributed by atoms with Gasteiger partial charge in [-0.3, -0.25) is 0 Å². The second-order valence-electron chi connectivity index (χ2n) is 4.79. The first-order chi connectivity index (χ1) is 10.7. The molecule has 0 aliphatic rings. The highest BCUT2D eigenvalue weighted by atomic mass is 16.5. The minimum atomic E-state index is -0.383. The summed E-state index contributed by atoms with van der Waals surface area (Å²) in [6.45, 7) is 5.00. The molecule has 0 saturated carbocycles. The zero-order valence-electron chi connectivity index (χ0n) is 12.9. The van der Waals surface area contributed by atoms with Crippen LogP contribution in [0.15, 0.2) is 36.5 Å². The highest BCUT2D eigenvalue weighted by molar-refractivity contribution is 5.90. The van der Waals surface area contributed by atoms with Crippen molar-refractivity contribution in [3.05, 3.63) is 59.2 Å². The number of hydrogen-bond donors (Lipinski definition) is 0. The van der Waals surface area contributed by atoms with Crippen LogP contribution in [0.2, 0.25) is 0 Å². The summed E-state index contributed by atoms with van der Waals surface area (Å²) in [6, 6.07) is 9.99. The molecule has 0 aliphatic heterocycles. The van der Waals surface area contributed by atoms with Crippen LogP contribution in [0, 0.1) is 6.92 Å². The monoisotopic (exact) mass is 300 g/mol. The van der Waals surface area contributed by atoms with Crippen LogP contribution < -0.4 is 0 Å². The molecule has 2 rings (SSSR count). The number of aryl methyl sites for hydroxylation is 1. The van der Waals surface area contributed by atoms with Crippen LogP contribution in [0.5, 0.6) is 0 Å². The molecule has 0 aliphatic carbocycles. The third kappa shape index (κ3) is 4.63. The van der Waals surface area contributed by atoms with Gasteiger partial charge in [0.15, 0.2) is 0 Å². The lowest BCUT2D eigenvalue weighted by molar-refractivity contribution is 0.0524. The minimum absolute atomic E-state index is 0.341. The maximum absolute atomic E-state index is 11.7. The molecule has 5 nitrogen and oxygen atoms in total. The fourth-order valence-electron chi connectivity index (χ4n) is 1.97. The van der Waals surface area contributed by atoms with E-state index in [-0.39, 0.29) is 5.97 Å². The van der Waals surface area contributed by atoms with Gasteiger partial charge in [-0.25, -0.2) is 14.8 Å². The summed E-state index contributed by atoms with van der Waals surface area (Å²) in [5.74, 6) is 0.283. The van der Waals surface area contributed by atoms with Gasteiger partial charge in [0.05, 0.1) is 31.1 Å². The second-order valence-corrected chi connectivity index (χ2v) is 4.79. The third-order valence-corrected chi connectivity index (χ3v) is 3.11. The van der Waals surface area contributed by atoms with Gasteiger partial charge in [-0.1, -0.05) is 30.3 Å². The van der Waals surface area contributed by atoms with Crippen molar-refractivity contribution in [2.75, 3.05) is 13.2 Å². The molecule has 1 aromatic carbocycles. The van der Waals surface area contributed by atoms with Gasteiger partial charge in [0, 0.05) is 12.6 Å². The average Bonchev–Trinajstić information content (AvgIpc) is 2.53. The molecule has 0 amide bonds. The van der Waals surface area contributed by atoms with Gasteiger partial charge in [-0.2, -0.15) is 0 Å². The first-order valence-electron chi connectivity index (χ1n) is 7.32. The Balaban J connectivity index is 1.83. The van der Waals surface area contributed by atoms with Crippen LogP contribution >= 0.6 is 0 Å². The van der Waals surface area contributed by atoms with Gasteiger partial charge in [0.1, 0.15) is 5.82 Å². The SMILES string of the molecule is CCOC(=O)c1cnc(CCOCc2ccccc2)nc1C. The number of rotatable bonds is 7. The largest absolute Gasteiger partial charge is 0.462 e. The molecule has 5 heteroatoms. The number of benzene rings is 1. The molecule has 0 N–H and O–H groups in total. The first kappa shape index (κ1) is 16.1. The fraction of sp³-hybridized carbons (Fsp3) is 0.353.